The number of aliphatic hydroxyl groups is 1. The van der Waals surface area contributed by atoms with Crippen LogP contribution < -0.4 is 5.32 Å². The Kier molecular flexibility index (Phi) is 6.02. The lowest BCUT2D eigenvalue weighted by Crippen LogP contribution is -2.53. The van der Waals surface area contributed by atoms with E-state index in [4.69, 9.17) is 11.6 Å². The summed E-state index contributed by atoms with van der Waals surface area (Å²) in [5.41, 5.74) is 0.363. The number of halogens is 1. The van der Waals surface area contributed by atoms with E-state index in [-0.39, 0.29) is 23.8 Å². The van der Waals surface area contributed by atoms with Crippen molar-refractivity contribution in [3.05, 3.63) is 34.9 Å². The van der Waals surface area contributed by atoms with Crippen LogP contribution in [-0.2, 0) is 4.79 Å². The minimum atomic E-state index is -0.603. The fraction of sp³-hybridized carbons (Fsp3) is 0.529. The molecule has 1 unspecified atom stereocenters. The third-order valence-corrected chi connectivity index (χ3v) is 4.44. The Morgan fingerprint density at radius 1 is 1.26 bits per heavy atom. The van der Waals surface area contributed by atoms with E-state index in [1.54, 1.807) is 29.2 Å². The molecule has 0 bridgehead atoms. The maximum Gasteiger partial charge on any atom is 0.253 e. The van der Waals surface area contributed by atoms with Gasteiger partial charge in [0.05, 0.1) is 16.7 Å². The van der Waals surface area contributed by atoms with E-state index in [0.29, 0.717) is 36.5 Å². The van der Waals surface area contributed by atoms with Gasteiger partial charge < -0.3 is 15.3 Å². The first-order valence-electron chi connectivity index (χ1n) is 7.92. The van der Waals surface area contributed by atoms with Crippen molar-refractivity contribution in [2.24, 2.45) is 5.92 Å². The van der Waals surface area contributed by atoms with Crippen LogP contribution in [0.2, 0.25) is 5.02 Å². The van der Waals surface area contributed by atoms with Crippen molar-refractivity contribution < 1.29 is 14.7 Å². The van der Waals surface area contributed by atoms with E-state index < -0.39 is 6.04 Å². The second-order valence-electron chi connectivity index (χ2n) is 6.23. The molecule has 1 heterocycles. The zero-order valence-corrected chi connectivity index (χ0v) is 14.2. The van der Waals surface area contributed by atoms with Crippen LogP contribution in [0.3, 0.4) is 0 Å². The molecular weight excluding hydrogens is 316 g/mol. The molecule has 1 aromatic carbocycles. The minimum absolute atomic E-state index is 0.0409. The summed E-state index contributed by atoms with van der Waals surface area (Å²) in [6.07, 6.45) is 0.818. The molecule has 0 radical (unpaired) electrons. The van der Waals surface area contributed by atoms with Crippen LogP contribution in [0.4, 0.5) is 0 Å². The van der Waals surface area contributed by atoms with Crippen LogP contribution in [0.15, 0.2) is 24.3 Å². The lowest BCUT2D eigenvalue weighted by molar-refractivity contribution is -0.136. The molecule has 0 saturated carbocycles. The monoisotopic (exact) mass is 338 g/mol. The number of hydrogen-bond acceptors (Lipinski definition) is 3. The maximum atomic E-state index is 12.7. The number of nitrogens with one attached hydrogen (secondary N) is 1. The third kappa shape index (κ3) is 4.45. The number of hydrogen-bond donors (Lipinski definition) is 2. The van der Waals surface area contributed by atoms with Crippen LogP contribution in [0.1, 0.15) is 37.0 Å². The number of carbonyl (C=O) groups is 2. The van der Waals surface area contributed by atoms with Gasteiger partial charge in [-0.15, -0.1) is 0 Å². The van der Waals surface area contributed by atoms with Gasteiger partial charge in [-0.25, -0.2) is 0 Å². The Labute approximate surface area is 141 Å². The Morgan fingerprint density at radius 3 is 2.43 bits per heavy atom. The van der Waals surface area contributed by atoms with Gasteiger partial charge in [0, 0.05) is 13.1 Å². The van der Waals surface area contributed by atoms with Gasteiger partial charge in [-0.2, -0.15) is 0 Å². The number of nitrogens with zero attached hydrogens (tertiary/aromatic N) is 1. The van der Waals surface area contributed by atoms with Crippen LogP contribution in [0.5, 0.6) is 0 Å². The zero-order chi connectivity index (χ0) is 17.0. The third-order valence-electron chi connectivity index (χ3n) is 4.11. The number of aliphatic hydroxyl groups excluding tert-OH is 1. The van der Waals surface area contributed by atoms with Gasteiger partial charge in [0.25, 0.3) is 5.91 Å². The first-order chi connectivity index (χ1) is 10.9. The van der Waals surface area contributed by atoms with E-state index in [2.05, 4.69) is 5.32 Å². The summed E-state index contributed by atoms with van der Waals surface area (Å²) in [6.45, 7) is 4.83. The smallest absolute Gasteiger partial charge is 0.253 e. The van der Waals surface area contributed by atoms with Gasteiger partial charge in [-0.05, 0) is 30.9 Å². The first kappa shape index (κ1) is 17.8. The van der Waals surface area contributed by atoms with Gasteiger partial charge in [0.15, 0.2) is 0 Å². The normalized spacial score (nSPS) is 17.2. The highest BCUT2D eigenvalue weighted by atomic mass is 35.5. The maximum absolute atomic E-state index is 12.7. The zero-order valence-electron chi connectivity index (χ0n) is 13.5. The standard InChI is InChI=1S/C17H23ClN2O3/c1-11(2)15(17(23)20-9-7-12(21)8-10-20)19-16(22)13-5-3-4-6-14(13)18/h3-6,11-12,15,21H,7-10H2,1-2H3,(H,19,22). The average molecular weight is 339 g/mol. The lowest BCUT2D eigenvalue weighted by atomic mass is 10.00. The van der Waals surface area contributed by atoms with Crippen LogP contribution in [0, 0.1) is 5.92 Å². The summed E-state index contributed by atoms with van der Waals surface area (Å²) in [4.78, 5) is 26.8. The van der Waals surface area contributed by atoms with Gasteiger partial charge in [-0.3, -0.25) is 9.59 Å². The molecule has 1 aliphatic heterocycles. The molecule has 2 rings (SSSR count). The second-order valence-corrected chi connectivity index (χ2v) is 6.64. The Morgan fingerprint density at radius 2 is 1.87 bits per heavy atom. The van der Waals surface area contributed by atoms with Gasteiger partial charge in [-0.1, -0.05) is 37.6 Å². The topological polar surface area (TPSA) is 69.6 Å². The van der Waals surface area contributed by atoms with Crippen LogP contribution >= 0.6 is 11.6 Å². The molecule has 2 N–H and O–H groups in total. The molecule has 1 fully saturated rings. The van der Waals surface area contributed by atoms with Crippen molar-refractivity contribution in [3.8, 4) is 0 Å². The van der Waals surface area contributed by atoms with E-state index in [1.807, 2.05) is 13.8 Å². The molecule has 2 amide bonds. The molecule has 0 aliphatic carbocycles. The Bertz CT molecular complexity index is 569. The second kappa shape index (κ2) is 7.79. The number of benzene rings is 1. The fourth-order valence-electron chi connectivity index (χ4n) is 2.66. The lowest BCUT2D eigenvalue weighted by Gasteiger charge is -2.34. The highest BCUT2D eigenvalue weighted by Crippen LogP contribution is 2.17. The molecule has 23 heavy (non-hydrogen) atoms. The summed E-state index contributed by atoms with van der Waals surface area (Å²) < 4.78 is 0. The number of carbonyl (C=O) groups excluding carboxylic acids is 2. The number of amides is 2. The quantitative estimate of drug-likeness (QED) is 0.883. The van der Waals surface area contributed by atoms with Crippen molar-refractivity contribution in [1.29, 1.82) is 0 Å². The van der Waals surface area contributed by atoms with Gasteiger partial charge >= 0.3 is 0 Å². The first-order valence-corrected chi connectivity index (χ1v) is 8.30. The fourth-order valence-corrected chi connectivity index (χ4v) is 2.88. The van der Waals surface area contributed by atoms with Crippen molar-refractivity contribution in [2.45, 2.75) is 38.8 Å². The summed E-state index contributed by atoms with van der Waals surface area (Å²) in [6, 6.07) is 6.17. The molecule has 1 saturated heterocycles. The highest BCUT2D eigenvalue weighted by molar-refractivity contribution is 6.33. The largest absolute Gasteiger partial charge is 0.393 e. The van der Waals surface area contributed by atoms with Crippen molar-refractivity contribution >= 4 is 23.4 Å². The van der Waals surface area contributed by atoms with E-state index in [1.165, 1.54) is 0 Å². The summed E-state index contributed by atoms with van der Waals surface area (Å²) in [5.74, 6) is -0.493. The molecule has 126 valence electrons. The molecule has 1 aromatic rings. The molecule has 0 aromatic heterocycles. The summed E-state index contributed by atoms with van der Waals surface area (Å²) in [5, 5.41) is 12.7. The molecule has 1 atom stereocenters. The molecule has 5 nitrogen and oxygen atoms in total. The van der Waals surface area contributed by atoms with E-state index >= 15 is 0 Å². The summed E-state index contributed by atoms with van der Waals surface area (Å²) in [7, 11) is 0. The Hall–Kier alpha value is -1.59. The number of piperidine rings is 1. The molecule has 0 spiro atoms. The van der Waals surface area contributed by atoms with Gasteiger partial charge in [0.2, 0.25) is 5.91 Å². The minimum Gasteiger partial charge on any atom is -0.393 e. The predicted octanol–water partition coefficient (Wildman–Crippen LogP) is 2.08. The average Bonchev–Trinajstić information content (AvgIpc) is 2.52. The van der Waals surface area contributed by atoms with E-state index in [0.717, 1.165) is 0 Å². The van der Waals surface area contributed by atoms with Crippen molar-refractivity contribution in [3.63, 3.8) is 0 Å². The number of likely N-dealkylation sites (tertiary alicyclic amines) is 1. The van der Waals surface area contributed by atoms with E-state index in [9.17, 15) is 14.7 Å². The SMILES string of the molecule is CC(C)C(NC(=O)c1ccccc1Cl)C(=O)N1CCC(O)CC1. The van der Waals surface area contributed by atoms with Crippen LogP contribution in [0.25, 0.3) is 0 Å². The summed E-state index contributed by atoms with van der Waals surface area (Å²) >= 11 is 6.04. The molecule has 6 heteroatoms. The Balaban J connectivity index is 2.08. The van der Waals surface area contributed by atoms with Crippen LogP contribution in [-0.4, -0.2) is 47.1 Å². The van der Waals surface area contributed by atoms with Crippen molar-refractivity contribution in [2.75, 3.05) is 13.1 Å². The van der Waals surface area contributed by atoms with Crippen molar-refractivity contribution in [1.82, 2.24) is 10.2 Å². The highest BCUT2D eigenvalue weighted by Gasteiger charge is 2.31. The number of rotatable bonds is 4. The molecule has 1 aliphatic rings. The molecular formula is C17H23ClN2O3. The van der Waals surface area contributed by atoms with Gasteiger partial charge in [0.1, 0.15) is 6.04 Å². The predicted molar refractivity (Wildman–Crippen MR) is 89.4 cm³/mol.